The quantitative estimate of drug-likeness (QED) is 0.724. The zero-order valence-corrected chi connectivity index (χ0v) is 12.8. The second-order valence-electron chi connectivity index (χ2n) is 4.28. The molecule has 1 aromatic rings. The number of hydrogen-bond donors (Lipinski definition) is 1. The fourth-order valence-corrected chi connectivity index (χ4v) is 2.64. The summed E-state index contributed by atoms with van der Waals surface area (Å²) >= 11 is 0. The molecule has 1 N–H and O–H groups in total. The summed E-state index contributed by atoms with van der Waals surface area (Å²) in [5.74, 6) is -0.524. The Morgan fingerprint density at radius 2 is 1.86 bits per heavy atom. The van der Waals surface area contributed by atoms with Crippen LogP contribution in [0.3, 0.4) is 0 Å². The highest BCUT2D eigenvalue weighted by molar-refractivity contribution is 7.89. The predicted octanol–water partition coefficient (Wildman–Crippen LogP) is 0.807. The Bertz CT molecular complexity index is 555. The van der Waals surface area contributed by atoms with Crippen molar-refractivity contribution in [2.24, 2.45) is 0 Å². The molecule has 21 heavy (non-hydrogen) atoms. The minimum Gasteiger partial charge on any atom is -0.493 e. The van der Waals surface area contributed by atoms with Gasteiger partial charge in [-0.05, 0) is 24.3 Å². The second kappa shape index (κ2) is 7.96. The molecule has 0 aliphatic heterocycles. The molecule has 118 valence electrons. The van der Waals surface area contributed by atoms with Crippen molar-refractivity contribution in [2.75, 3.05) is 33.9 Å². The number of methoxy groups -OCH3 is 1. The van der Waals surface area contributed by atoms with Crippen LogP contribution in [0.4, 0.5) is 0 Å². The van der Waals surface area contributed by atoms with Crippen LogP contribution >= 0.6 is 0 Å². The lowest BCUT2D eigenvalue weighted by Crippen LogP contribution is -2.30. The summed E-state index contributed by atoms with van der Waals surface area (Å²) in [6.07, 6.45) is -0.111. The minimum atomic E-state index is -3.56. The fourth-order valence-electron chi connectivity index (χ4n) is 1.48. The van der Waals surface area contributed by atoms with Gasteiger partial charge in [0.05, 0.1) is 24.5 Å². The number of nitrogens with zero attached hydrogens (tertiary/aromatic N) is 1. The van der Waals surface area contributed by atoms with Crippen molar-refractivity contribution in [1.29, 1.82) is 0 Å². The molecule has 1 rings (SSSR count). The molecule has 1 aromatic carbocycles. The van der Waals surface area contributed by atoms with Crippen molar-refractivity contribution in [3.63, 3.8) is 0 Å². The van der Waals surface area contributed by atoms with Gasteiger partial charge in [-0.15, -0.1) is 0 Å². The highest BCUT2D eigenvalue weighted by Gasteiger charge is 2.20. The number of rotatable bonds is 9. The summed E-state index contributed by atoms with van der Waals surface area (Å²) in [5.41, 5.74) is 0. The van der Waals surface area contributed by atoms with Crippen LogP contribution in [0.15, 0.2) is 29.2 Å². The summed E-state index contributed by atoms with van der Waals surface area (Å²) in [6.45, 7) is 0.608. The Morgan fingerprint density at radius 1 is 1.24 bits per heavy atom. The zero-order chi connectivity index (χ0) is 15.9. The highest BCUT2D eigenvalue weighted by Crippen LogP contribution is 2.18. The highest BCUT2D eigenvalue weighted by atomic mass is 32.2. The predicted molar refractivity (Wildman–Crippen MR) is 75.9 cm³/mol. The fraction of sp³-hybridized carbons (Fsp3) is 0.462. The lowest BCUT2D eigenvalue weighted by Gasteiger charge is -2.16. The van der Waals surface area contributed by atoms with E-state index in [9.17, 15) is 13.2 Å². The maximum absolute atomic E-state index is 12.2. The van der Waals surface area contributed by atoms with Crippen molar-refractivity contribution in [3.8, 4) is 5.75 Å². The molecule has 8 heteroatoms. The van der Waals surface area contributed by atoms with Gasteiger partial charge in [-0.3, -0.25) is 4.79 Å². The summed E-state index contributed by atoms with van der Waals surface area (Å²) in [4.78, 5) is 10.5. The average Bonchev–Trinajstić information content (AvgIpc) is 2.44. The van der Waals surface area contributed by atoms with Crippen molar-refractivity contribution < 1.29 is 27.8 Å². The third-order valence-electron chi connectivity index (χ3n) is 2.73. The number of hydrogen-bond acceptors (Lipinski definition) is 5. The number of aliphatic carboxylic acids is 1. The van der Waals surface area contributed by atoms with Crippen molar-refractivity contribution in [2.45, 2.75) is 11.3 Å². The van der Waals surface area contributed by atoms with Crippen LogP contribution in [0.5, 0.6) is 5.75 Å². The standard InChI is InChI=1S/C13H19NO6S/c1-14(8-10-19-2)21(17,18)12-5-3-11(4-6-12)20-9-7-13(15)16/h3-6H,7-10H2,1-2H3,(H,15,16). The molecule has 0 unspecified atom stereocenters. The van der Waals surface area contributed by atoms with Crippen LogP contribution in [0, 0.1) is 0 Å². The van der Waals surface area contributed by atoms with Crippen LogP contribution in [0.1, 0.15) is 6.42 Å². The maximum atomic E-state index is 12.2. The second-order valence-corrected chi connectivity index (χ2v) is 6.33. The third-order valence-corrected chi connectivity index (χ3v) is 4.60. The summed E-state index contributed by atoms with van der Waals surface area (Å²) in [5, 5.41) is 8.50. The first-order valence-electron chi connectivity index (χ1n) is 6.28. The van der Waals surface area contributed by atoms with Crippen LogP contribution in [-0.2, 0) is 19.6 Å². The molecule has 0 aliphatic rings. The van der Waals surface area contributed by atoms with Gasteiger partial charge in [0, 0.05) is 20.7 Å². The monoisotopic (exact) mass is 317 g/mol. The first-order chi connectivity index (χ1) is 9.87. The molecule has 0 fully saturated rings. The van der Waals surface area contributed by atoms with Crippen molar-refractivity contribution in [3.05, 3.63) is 24.3 Å². The number of likely N-dealkylation sites (N-methyl/N-ethyl adjacent to an activating group) is 1. The van der Waals surface area contributed by atoms with E-state index in [0.29, 0.717) is 12.4 Å². The van der Waals surface area contributed by atoms with Gasteiger partial charge in [0.15, 0.2) is 0 Å². The summed E-state index contributed by atoms with van der Waals surface area (Å²) in [7, 11) is -0.577. The number of carboxylic acid groups (broad SMARTS) is 1. The Morgan fingerprint density at radius 3 is 2.38 bits per heavy atom. The number of ether oxygens (including phenoxy) is 2. The van der Waals surface area contributed by atoms with E-state index in [1.807, 2.05) is 0 Å². The topological polar surface area (TPSA) is 93.1 Å². The zero-order valence-electron chi connectivity index (χ0n) is 12.0. The van der Waals surface area contributed by atoms with E-state index in [1.54, 1.807) is 0 Å². The van der Waals surface area contributed by atoms with Crippen LogP contribution in [-0.4, -0.2) is 57.7 Å². The largest absolute Gasteiger partial charge is 0.493 e. The smallest absolute Gasteiger partial charge is 0.306 e. The molecule has 0 aliphatic carbocycles. The molecule has 0 saturated carbocycles. The Labute approximate surface area is 124 Å². The van der Waals surface area contributed by atoms with Crippen molar-refractivity contribution in [1.82, 2.24) is 4.31 Å². The Balaban J connectivity index is 2.70. The first kappa shape index (κ1) is 17.4. The first-order valence-corrected chi connectivity index (χ1v) is 7.72. The van der Waals surface area contributed by atoms with E-state index in [-0.39, 0.29) is 24.5 Å². The molecule has 0 spiro atoms. The van der Waals surface area contributed by atoms with Gasteiger partial charge in [0.2, 0.25) is 10.0 Å². The van der Waals surface area contributed by atoms with Gasteiger partial charge in [-0.1, -0.05) is 0 Å². The molecule has 7 nitrogen and oxygen atoms in total. The third kappa shape index (κ3) is 5.33. The van der Waals surface area contributed by atoms with Gasteiger partial charge in [0.25, 0.3) is 0 Å². The lowest BCUT2D eigenvalue weighted by molar-refractivity contribution is -0.137. The van der Waals surface area contributed by atoms with E-state index >= 15 is 0 Å². The van der Waals surface area contributed by atoms with Crippen LogP contribution in [0.25, 0.3) is 0 Å². The normalized spacial score (nSPS) is 11.6. The van der Waals surface area contributed by atoms with E-state index in [4.69, 9.17) is 14.6 Å². The molecule has 0 aromatic heterocycles. The van der Waals surface area contributed by atoms with Gasteiger partial charge >= 0.3 is 5.97 Å². The number of benzene rings is 1. The molecule has 0 amide bonds. The molecular weight excluding hydrogens is 298 g/mol. The molecular formula is C13H19NO6S. The minimum absolute atomic E-state index is 0.0369. The van der Waals surface area contributed by atoms with Crippen LogP contribution in [0.2, 0.25) is 0 Å². The lowest BCUT2D eigenvalue weighted by atomic mass is 10.3. The molecule has 0 saturated heterocycles. The van der Waals surface area contributed by atoms with E-state index < -0.39 is 16.0 Å². The van der Waals surface area contributed by atoms with Crippen molar-refractivity contribution >= 4 is 16.0 Å². The number of carbonyl (C=O) groups is 1. The average molecular weight is 317 g/mol. The van der Waals surface area contributed by atoms with Crippen LogP contribution < -0.4 is 4.74 Å². The van der Waals surface area contributed by atoms with E-state index in [2.05, 4.69) is 0 Å². The van der Waals surface area contributed by atoms with E-state index in [0.717, 1.165) is 0 Å². The van der Waals surface area contributed by atoms with E-state index in [1.165, 1.54) is 42.7 Å². The number of sulfonamides is 1. The molecule has 0 atom stereocenters. The van der Waals surface area contributed by atoms with Gasteiger partial charge < -0.3 is 14.6 Å². The SMILES string of the molecule is COCCN(C)S(=O)(=O)c1ccc(OCCC(=O)O)cc1. The van der Waals surface area contributed by atoms with Gasteiger partial charge in [-0.25, -0.2) is 8.42 Å². The summed E-state index contributed by atoms with van der Waals surface area (Å²) in [6, 6.07) is 5.85. The van der Waals surface area contributed by atoms with Gasteiger partial charge in [-0.2, -0.15) is 4.31 Å². The Hall–Kier alpha value is -1.64. The van der Waals surface area contributed by atoms with Gasteiger partial charge in [0.1, 0.15) is 5.75 Å². The molecule has 0 radical (unpaired) electrons. The summed E-state index contributed by atoms with van der Waals surface area (Å²) < 4.78 is 35.7. The number of carboxylic acids is 1. The maximum Gasteiger partial charge on any atom is 0.306 e. The Kier molecular flexibility index (Phi) is 6.60. The molecule has 0 heterocycles. The molecule has 0 bridgehead atoms.